The zero-order valence-corrected chi connectivity index (χ0v) is 14.5. The van der Waals surface area contributed by atoms with Crippen molar-refractivity contribution in [1.29, 1.82) is 0 Å². The van der Waals surface area contributed by atoms with Crippen molar-refractivity contribution in [3.05, 3.63) is 71.8 Å². The highest BCUT2D eigenvalue weighted by Crippen LogP contribution is 2.17. The lowest BCUT2D eigenvalue weighted by Crippen LogP contribution is -2.37. The van der Waals surface area contributed by atoms with Gasteiger partial charge in [-0.2, -0.15) is 0 Å². The van der Waals surface area contributed by atoms with Crippen LogP contribution in [0.4, 0.5) is 0 Å². The predicted molar refractivity (Wildman–Crippen MR) is 99.0 cm³/mol. The van der Waals surface area contributed by atoms with Gasteiger partial charge in [0.05, 0.1) is 5.25 Å². The minimum absolute atomic E-state index is 0.00936. The molecule has 0 fully saturated rings. The smallest absolute Gasteiger partial charge is 0.251 e. The van der Waals surface area contributed by atoms with Crippen LogP contribution in [0.3, 0.4) is 0 Å². The number of thioether (sulfide) groups is 1. The topological polar surface area (TPSA) is 58.2 Å². The van der Waals surface area contributed by atoms with E-state index >= 15 is 0 Å². The van der Waals surface area contributed by atoms with E-state index in [0.717, 1.165) is 5.75 Å². The zero-order valence-electron chi connectivity index (χ0n) is 13.7. The third kappa shape index (κ3) is 6.08. The molecule has 1 atom stereocenters. The Kier molecular flexibility index (Phi) is 7.36. The van der Waals surface area contributed by atoms with E-state index in [0.29, 0.717) is 18.7 Å². The van der Waals surface area contributed by atoms with Crippen LogP contribution < -0.4 is 10.6 Å². The Morgan fingerprint density at radius 1 is 0.917 bits per heavy atom. The monoisotopic (exact) mass is 342 g/mol. The molecule has 0 aliphatic rings. The third-order valence-electron chi connectivity index (χ3n) is 3.46. The fourth-order valence-electron chi connectivity index (χ4n) is 2.07. The second-order valence-corrected chi connectivity index (χ2v) is 6.68. The van der Waals surface area contributed by atoms with Crippen LogP contribution in [0.15, 0.2) is 60.7 Å². The molecule has 4 nitrogen and oxygen atoms in total. The van der Waals surface area contributed by atoms with Gasteiger partial charge in [0.2, 0.25) is 5.91 Å². The lowest BCUT2D eigenvalue weighted by molar-refractivity contribution is -0.120. The van der Waals surface area contributed by atoms with Crippen molar-refractivity contribution in [3.63, 3.8) is 0 Å². The van der Waals surface area contributed by atoms with Crippen LogP contribution in [0, 0.1) is 0 Å². The SMILES string of the molecule is C[C@H](SCc1ccccc1)C(=O)NCCNC(=O)c1ccccc1. The largest absolute Gasteiger partial charge is 0.353 e. The summed E-state index contributed by atoms with van der Waals surface area (Å²) >= 11 is 1.60. The number of carbonyl (C=O) groups excluding carboxylic acids is 2. The van der Waals surface area contributed by atoms with Crippen molar-refractivity contribution >= 4 is 23.6 Å². The van der Waals surface area contributed by atoms with Crippen LogP contribution in [0.1, 0.15) is 22.8 Å². The van der Waals surface area contributed by atoms with Crippen LogP contribution in [0.5, 0.6) is 0 Å². The molecule has 0 saturated carbocycles. The number of rotatable bonds is 8. The molecule has 2 rings (SSSR count). The van der Waals surface area contributed by atoms with E-state index in [9.17, 15) is 9.59 Å². The maximum Gasteiger partial charge on any atom is 0.251 e. The van der Waals surface area contributed by atoms with Gasteiger partial charge in [-0.25, -0.2) is 0 Å². The Balaban J connectivity index is 1.63. The van der Waals surface area contributed by atoms with E-state index in [4.69, 9.17) is 0 Å². The summed E-state index contributed by atoms with van der Waals surface area (Å²) in [6, 6.07) is 19.1. The molecule has 0 spiro atoms. The number of hydrogen-bond donors (Lipinski definition) is 2. The molecule has 0 saturated heterocycles. The first kappa shape index (κ1) is 18.1. The van der Waals surface area contributed by atoms with E-state index in [2.05, 4.69) is 22.8 Å². The number of benzene rings is 2. The first-order valence-electron chi connectivity index (χ1n) is 7.93. The lowest BCUT2D eigenvalue weighted by Gasteiger charge is -2.12. The maximum atomic E-state index is 12.0. The maximum absolute atomic E-state index is 12.0. The fraction of sp³-hybridized carbons (Fsp3) is 0.263. The molecule has 126 valence electrons. The van der Waals surface area contributed by atoms with E-state index in [-0.39, 0.29) is 17.1 Å². The number of nitrogens with one attached hydrogen (secondary N) is 2. The molecule has 2 aromatic carbocycles. The van der Waals surface area contributed by atoms with Crippen LogP contribution >= 0.6 is 11.8 Å². The summed E-state index contributed by atoms with van der Waals surface area (Å²) in [5, 5.41) is 5.51. The average Bonchev–Trinajstić information content (AvgIpc) is 2.64. The molecule has 2 aromatic rings. The Labute approximate surface area is 147 Å². The summed E-state index contributed by atoms with van der Waals surface area (Å²) < 4.78 is 0. The highest BCUT2D eigenvalue weighted by atomic mass is 32.2. The quantitative estimate of drug-likeness (QED) is 0.725. The summed E-state index contributed by atoms with van der Waals surface area (Å²) in [5.74, 6) is 0.668. The molecule has 5 heteroatoms. The highest BCUT2D eigenvalue weighted by Gasteiger charge is 2.13. The first-order valence-corrected chi connectivity index (χ1v) is 8.98. The zero-order chi connectivity index (χ0) is 17.2. The standard InChI is InChI=1S/C19H22N2O2S/c1-15(24-14-16-8-4-2-5-9-16)18(22)20-12-13-21-19(23)17-10-6-3-7-11-17/h2-11,15H,12-14H2,1H3,(H,20,22)(H,21,23)/t15-/m0/s1. The van der Waals surface area contributed by atoms with Crippen molar-refractivity contribution < 1.29 is 9.59 Å². The van der Waals surface area contributed by atoms with Crippen LogP contribution in [0.2, 0.25) is 0 Å². The Hall–Kier alpha value is -2.27. The molecule has 24 heavy (non-hydrogen) atoms. The molecule has 0 radical (unpaired) electrons. The van der Waals surface area contributed by atoms with Crippen molar-refractivity contribution in [2.75, 3.05) is 13.1 Å². The summed E-state index contributed by atoms with van der Waals surface area (Å²) in [4.78, 5) is 23.9. The summed E-state index contributed by atoms with van der Waals surface area (Å²) in [7, 11) is 0. The molecule has 0 bridgehead atoms. The van der Waals surface area contributed by atoms with Gasteiger partial charge in [-0.05, 0) is 24.6 Å². The summed E-state index contributed by atoms with van der Waals surface area (Å²) in [6.45, 7) is 2.73. The number of hydrogen-bond acceptors (Lipinski definition) is 3. The van der Waals surface area contributed by atoms with Gasteiger partial charge in [0.1, 0.15) is 0 Å². The van der Waals surface area contributed by atoms with E-state index in [1.165, 1.54) is 5.56 Å². The highest BCUT2D eigenvalue weighted by molar-refractivity contribution is 7.99. The average molecular weight is 342 g/mol. The van der Waals surface area contributed by atoms with Crippen LogP contribution in [0.25, 0.3) is 0 Å². The van der Waals surface area contributed by atoms with Gasteiger partial charge in [-0.15, -0.1) is 11.8 Å². The van der Waals surface area contributed by atoms with E-state index in [1.54, 1.807) is 23.9 Å². The molecule has 2 N–H and O–H groups in total. The number of amides is 2. The molecule has 0 unspecified atom stereocenters. The minimum Gasteiger partial charge on any atom is -0.353 e. The van der Waals surface area contributed by atoms with Gasteiger partial charge < -0.3 is 10.6 Å². The third-order valence-corrected chi connectivity index (χ3v) is 4.67. The summed E-state index contributed by atoms with van der Waals surface area (Å²) in [5.41, 5.74) is 1.83. The van der Waals surface area contributed by atoms with Crippen molar-refractivity contribution in [3.8, 4) is 0 Å². The van der Waals surface area contributed by atoms with Gasteiger partial charge in [0.15, 0.2) is 0 Å². The molecule has 0 heterocycles. The number of carbonyl (C=O) groups is 2. The predicted octanol–water partition coefficient (Wildman–Crippen LogP) is 2.85. The molecule has 2 amide bonds. The van der Waals surface area contributed by atoms with Gasteiger partial charge in [-0.1, -0.05) is 48.5 Å². The summed E-state index contributed by atoms with van der Waals surface area (Å²) in [6.07, 6.45) is 0. The van der Waals surface area contributed by atoms with E-state index < -0.39 is 0 Å². The molecule has 0 aliphatic heterocycles. The van der Waals surface area contributed by atoms with Gasteiger partial charge in [0, 0.05) is 24.4 Å². The molecule has 0 aliphatic carbocycles. The normalized spacial score (nSPS) is 11.5. The van der Waals surface area contributed by atoms with Gasteiger partial charge in [-0.3, -0.25) is 9.59 Å². The van der Waals surface area contributed by atoms with E-state index in [1.807, 2.05) is 43.3 Å². The minimum atomic E-state index is -0.130. The van der Waals surface area contributed by atoms with Crippen molar-refractivity contribution in [2.24, 2.45) is 0 Å². The lowest BCUT2D eigenvalue weighted by atomic mass is 10.2. The van der Waals surface area contributed by atoms with Gasteiger partial charge in [0.25, 0.3) is 5.91 Å². The molecular formula is C19H22N2O2S. The van der Waals surface area contributed by atoms with Gasteiger partial charge >= 0.3 is 0 Å². The second-order valence-electron chi connectivity index (χ2n) is 5.35. The van der Waals surface area contributed by atoms with Crippen LogP contribution in [-0.2, 0) is 10.5 Å². The van der Waals surface area contributed by atoms with Crippen LogP contribution in [-0.4, -0.2) is 30.2 Å². The second kappa shape index (κ2) is 9.78. The molecule has 0 aromatic heterocycles. The van der Waals surface area contributed by atoms with Crippen molar-refractivity contribution in [2.45, 2.75) is 17.9 Å². The Morgan fingerprint density at radius 3 is 2.17 bits per heavy atom. The Morgan fingerprint density at radius 2 is 1.50 bits per heavy atom. The Bertz CT molecular complexity index is 647. The van der Waals surface area contributed by atoms with Crippen molar-refractivity contribution in [1.82, 2.24) is 10.6 Å². The first-order chi connectivity index (χ1) is 11.7. The fourth-order valence-corrected chi connectivity index (χ4v) is 2.94. The molecular weight excluding hydrogens is 320 g/mol.